The molecule has 0 bridgehead atoms. The Morgan fingerprint density at radius 3 is 2.76 bits per heavy atom. The van der Waals surface area contributed by atoms with Crippen molar-refractivity contribution in [3.63, 3.8) is 0 Å². The van der Waals surface area contributed by atoms with Crippen LogP contribution in [0.25, 0.3) is 0 Å². The number of nitrogens with one attached hydrogen (secondary N) is 1. The maximum absolute atomic E-state index is 6.11. The third kappa shape index (κ3) is 3.68. The van der Waals surface area contributed by atoms with E-state index >= 15 is 0 Å². The number of hydrogen-bond donors (Lipinski definition) is 1. The van der Waals surface area contributed by atoms with Crippen molar-refractivity contribution >= 4 is 27.5 Å². The number of hydrogen-bond acceptors (Lipinski definition) is 2. The lowest BCUT2D eigenvalue weighted by atomic mass is 9.92. The molecular formula is C13H17BrClNO. The van der Waals surface area contributed by atoms with Gasteiger partial charge in [-0.25, -0.2) is 0 Å². The Hall–Kier alpha value is -0.0900. The Labute approximate surface area is 116 Å². The molecule has 1 aliphatic rings. The van der Waals surface area contributed by atoms with Crippen molar-refractivity contribution in [3.8, 4) is 0 Å². The molecule has 4 heteroatoms. The molecule has 1 heterocycles. The predicted octanol–water partition coefficient (Wildman–Crippen LogP) is 3.33. The lowest BCUT2D eigenvalue weighted by Gasteiger charge is -2.36. The molecule has 1 saturated heterocycles. The summed E-state index contributed by atoms with van der Waals surface area (Å²) in [6.45, 7) is 2.46. The summed E-state index contributed by atoms with van der Waals surface area (Å²) in [6.07, 6.45) is 1.98. The van der Waals surface area contributed by atoms with Crippen LogP contribution >= 0.6 is 27.5 Å². The Kier molecular flexibility index (Phi) is 4.86. The van der Waals surface area contributed by atoms with Crippen molar-refractivity contribution < 1.29 is 4.74 Å². The average molecular weight is 319 g/mol. The highest BCUT2D eigenvalue weighted by Gasteiger charge is 2.30. The Morgan fingerprint density at radius 2 is 2.12 bits per heavy atom. The van der Waals surface area contributed by atoms with E-state index in [1.54, 1.807) is 0 Å². The van der Waals surface area contributed by atoms with Gasteiger partial charge < -0.3 is 10.1 Å². The third-order valence-electron chi connectivity index (χ3n) is 3.26. The minimum atomic E-state index is 0.0438. The maximum atomic E-state index is 6.11. The molecule has 1 fully saturated rings. The minimum Gasteiger partial charge on any atom is -0.381 e. The third-order valence-corrected chi connectivity index (χ3v) is 4.27. The van der Waals surface area contributed by atoms with Gasteiger partial charge in [0.2, 0.25) is 0 Å². The molecule has 0 amide bonds. The van der Waals surface area contributed by atoms with E-state index in [-0.39, 0.29) is 5.54 Å². The molecule has 0 atom stereocenters. The van der Waals surface area contributed by atoms with E-state index in [0.29, 0.717) is 5.88 Å². The normalized spacial score (nSPS) is 19.2. The van der Waals surface area contributed by atoms with Crippen LogP contribution in [0.15, 0.2) is 28.7 Å². The van der Waals surface area contributed by atoms with Gasteiger partial charge in [-0.05, 0) is 30.5 Å². The van der Waals surface area contributed by atoms with E-state index in [0.717, 1.165) is 37.1 Å². The van der Waals surface area contributed by atoms with Crippen LogP contribution < -0.4 is 5.32 Å². The summed E-state index contributed by atoms with van der Waals surface area (Å²) in [4.78, 5) is 0. The molecule has 94 valence electrons. The predicted molar refractivity (Wildman–Crippen MR) is 74.5 cm³/mol. The smallest absolute Gasteiger partial charge is 0.0484 e. The summed E-state index contributed by atoms with van der Waals surface area (Å²) in [6, 6.07) is 8.35. The molecule has 1 aromatic carbocycles. The highest BCUT2D eigenvalue weighted by atomic mass is 79.9. The molecule has 0 spiro atoms. The van der Waals surface area contributed by atoms with Gasteiger partial charge >= 0.3 is 0 Å². The van der Waals surface area contributed by atoms with Gasteiger partial charge in [-0.15, -0.1) is 11.6 Å². The molecular weight excluding hydrogens is 302 g/mol. The fraction of sp³-hybridized carbons (Fsp3) is 0.538. The second-order valence-corrected chi connectivity index (χ2v) is 5.69. The zero-order valence-corrected chi connectivity index (χ0v) is 12.1. The van der Waals surface area contributed by atoms with Crippen LogP contribution in [0.3, 0.4) is 0 Å². The first-order valence-electron chi connectivity index (χ1n) is 5.87. The van der Waals surface area contributed by atoms with E-state index in [1.165, 1.54) is 5.56 Å². The zero-order valence-electron chi connectivity index (χ0n) is 9.72. The standard InChI is InChI=1S/C13H17BrClNO/c14-12-3-1-2-11(8-12)9-16-13(10-15)4-6-17-7-5-13/h1-3,8,16H,4-7,9-10H2. The monoisotopic (exact) mass is 317 g/mol. The molecule has 2 nitrogen and oxygen atoms in total. The van der Waals surface area contributed by atoms with Gasteiger partial charge in [-0.3, -0.25) is 0 Å². The first-order chi connectivity index (χ1) is 8.24. The topological polar surface area (TPSA) is 21.3 Å². The fourth-order valence-electron chi connectivity index (χ4n) is 2.06. The molecule has 0 aliphatic carbocycles. The highest BCUT2D eigenvalue weighted by Crippen LogP contribution is 2.23. The maximum Gasteiger partial charge on any atom is 0.0484 e. The van der Waals surface area contributed by atoms with Crippen LogP contribution in [0.4, 0.5) is 0 Å². The molecule has 0 saturated carbocycles. The summed E-state index contributed by atoms with van der Waals surface area (Å²) >= 11 is 9.59. The van der Waals surface area contributed by atoms with Gasteiger partial charge in [0.1, 0.15) is 0 Å². The summed E-state index contributed by atoms with van der Waals surface area (Å²) in [5.74, 6) is 0.643. The zero-order chi connectivity index (χ0) is 12.1. The van der Waals surface area contributed by atoms with Crippen molar-refractivity contribution in [2.24, 2.45) is 0 Å². The molecule has 1 N–H and O–H groups in total. The number of benzene rings is 1. The summed E-state index contributed by atoms with van der Waals surface area (Å²) in [5, 5.41) is 3.60. The van der Waals surface area contributed by atoms with Gasteiger partial charge in [0.15, 0.2) is 0 Å². The van der Waals surface area contributed by atoms with Crippen LogP contribution in [0.5, 0.6) is 0 Å². The van der Waals surface area contributed by atoms with Crippen molar-refractivity contribution in [1.82, 2.24) is 5.32 Å². The lowest BCUT2D eigenvalue weighted by Crippen LogP contribution is -2.50. The summed E-state index contributed by atoms with van der Waals surface area (Å²) in [5.41, 5.74) is 1.32. The number of halogens is 2. The van der Waals surface area contributed by atoms with E-state index in [9.17, 15) is 0 Å². The lowest BCUT2D eigenvalue weighted by molar-refractivity contribution is 0.0459. The van der Waals surface area contributed by atoms with Gasteiger partial charge in [-0.1, -0.05) is 28.1 Å². The van der Waals surface area contributed by atoms with Crippen LogP contribution in [0.1, 0.15) is 18.4 Å². The van der Waals surface area contributed by atoms with E-state index in [2.05, 4.69) is 39.4 Å². The first-order valence-corrected chi connectivity index (χ1v) is 7.20. The molecule has 0 aromatic heterocycles. The highest BCUT2D eigenvalue weighted by molar-refractivity contribution is 9.10. The van der Waals surface area contributed by atoms with Crippen LogP contribution in [-0.2, 0) is 11.3 Å². The second-order valence-electron chi connectivity index (χ2n) is 4.51. The molecule has 1 aromatic rings. The molecule has 2 rings (SSSR count). The largest absolute Gasteiger partial charge is 0.381 e. The van der Waals surface area contributed by atoms with E-state index in [1.807, 2.05) is 6.07 Å². The van der Waals surface area contributed by atoms with Gasteiger partial charge in [0.25, 0.3) is 0 Å². The molecule has 0 unspecified atom stereocenters. The van der Waals surface area contributed by atoms with Gasteiger partial charge in [0.05, 0.1) is 0 Å². The van der Waals surface area contributed by atoms with E-state index < -0.39 is 0 Å². The number of alkyl halides is 1. The number of ether oxygens (including phenoxy) is 1. The van der Waals surface area contributed by atoms with Crippen molar-refractivity contribution in [2.75, 3.05) is 19.1 Å². The van der Waals surface area contributed by atoms with Gasteiger partial charge in [0, 0.05) is 35.7 Å². The Balaban J connectivity index is 1.95. The van der Waals surface area contributed by atoms with Crippen molar-refractivity contribution in [2.45, 2.75) is 24.9 Å². The van der Waals surface area contributed by atoms with Crippen LogP contribution in [0, 0.1) is 0 Å². The minimum absolute atomic E-state index is 0.0438. The fourth-order valence-corrected chi connectivity index (χ4v) is 2.86. The molecule has 1 aliphatic heterocycles. The van der Waals surface area contributed by atoms with Crippen LogP contribution in [0.2, 0.25) is 0 Å². The SMILES string of the molecule is ClCC1(NCc2cccc(Br)c2)CCOCC1. The molecule has 17 heavy (non-hydrogen) atoms. The van der Waals surface area contributed by atoms with E-state index in [4.69, 9.17) is 16.3 Å². The van der Waals surface area contributed by atoms with Gasteiger partial charge in [-0.2, -0.15) is 0 Å². The summed E-state index contributed by atoms with van der Waals surface area (Å²) in [7, 11) is 0. The van der Waals surface area contributed by atoms with Crippen LogP contribution in [-0.4, -0.2) is 24.6 Å². The Bertz CT molecular complexity index is 366. The summed E-state index contributed by atoms with van der Waals surface area (Å²) < 4.78 is 6.51. The van der Waals surface area contributed by atoms with Crippen molar-refractivity contribution in [1.29, 1.82) is 0 Å². The average Bonchev–Trinajstić information content (AvgIpc) is 2.38. The Morgan fingerprint density at radius 1 is 1.35 bits per heavy atom. The number of rotatable bonds is 4. The van der Waals surface area contributed by atoms with Crippen molar-refractivity contribution in [3.05, 3.63) is 34.3 Å². The quantitative estimate of drug-likeness (QED) is 0.860. The molecule has 0 radical (unpaired) electrons. The first kappa shape index (κ1) is 13.3. The second kappa shape index (κ2) is 6.19.